The maximum atomic E-state index is 10.7. The van der Waals surface area contributed by atoms with Gasteiger partial charge in [-0.2, -0.15) is 10.5 Å². The van der Waals surface area contributed by atoms with E-state index in [4.69, 9.17) is 26.5 Å². The maximum Gasteiger partial charge on any atom is 0.403 e. The summed E-state index contributed by atoms with van der Waals surface area (Å²) in [7, 11) is 2.42. The van der Waals surface area contributed by atoms with Gasteiger partial charge >= 0.3 is 23.3 Å². The molecule has 0 aliphatic heterocycles. The Balaban J connectivity index is -0.000000356. The first-order chi connectivity index (χ1) is 12.6. The van der Waals surface area contributed by atoms with E-state index in [0.717, 1.165) is 0 Å². The van der Waals surface area contributed by atoms with Gasteiger partial charge in [-0.1, -0.05) is 0 Å². The summed E-state index contributed by atoms with van der Waals surface area (Å²) in [5, 5.41) is 33.0. The molecule has 0 bridgehead atoms. The van der Waals surface area contributed by atoms with Crippen molar-refractivity contribution in [2.45, 2.75) is 38.1 Å². The smallest absolute Gasteiger partial charge is 0.403 e. The number of hydrogen-bond donors (Lipinski definition) is 3. The molecule has 2 atom stereocenters. The molecule has 11 nitrogen and oxygen atoms in total. The van der Waals surface area contributed by atoms with Gasteiger partial charge in [0.25, 0.3) is 0 Å². The average Bonchev–Trinajstić information content (AvgIpc) is 2.63. The fraction of sp³-hybridized carbons (Fsp3) is 0.600. The monoisotopic (exact) mass is 407 g/mol. The summed E-state index contributed by atoms with van der Waals surface area (Å²) >= 11 is 4.60. The van der Waals surface area contributed by atoms with Gasteiger partial charge in [-0.25, -0.2) is 4.79 Å². The van der Waals surface area contributed by atoms with Crippen LogP contribution >= 0.6 is 11.6 Å². The van der Waals surface area contributed by atoms with Crippen molar-refractivity contribution in [3.63, 3.8) is 0 Å². The van der Waals surface area contributed by atoms with Crippen LogP contribution in [-0.2, 0) is 23.9 Å². The van der Waals surface area contributed by atoms with Crippen LogP contribution in [0.2, 0.25) is 0 Å². The van der Waals surface area contributed by atoms with E-state index < -0.39 is 35.3 Å². The van der Waals surface area contributed by atoms with Crippen molar-refractivity contribution < 1.29 is 38.9 Å². The topological polar surface area (TPSA) is 201 Å². The molecule has 0 aliphatic carbocycles. The number of carbonyl (C=O) groups is 4. The lowest BCUT2D eigenvalue weighted by Crippen LogP contribution is -2.29. The molecular formula is C15H22ClN3O8. The first kappa shape index (κ1) is 28.9. The maximum absolute atomic E-state index is 10.7. The molecule has 0 unspecified atom stereocenters. The predicted octanol–water partition coefficient (Wildman–Crippen LogP) is 1.25. The fourth-order valence-electron chi connectivity index (χ4n) is 1.18. The second kappa shape index (κ2) is 19.4. The number of esters is 1. The van der Waals surface area contributed by atoms with E-state index in [-0.39, 0.29) is 32.1 Å². The van der Waals surface area contributed by atoms with E-state index in [1.807, 2.05) is 12.1 Å². The molecular weight excluding hydrogens is 386 g/mol. The summed E-state index contributed by atoms with van der Waals surface area (Å²) in [6.07, 6.45) is 0.571. The Morgan fingerprint density at radius 3 is 1.74 bits per heavy atom. The molecule has 0 aromatic rings. The number of nitriles is 2. The highest BCUT2D eigenvalue weighted by Gasteiger charge is 2.20. The van der Waals surface area contributed by atoms with Gasteiger partial charge in [0.1, 0.15) is 6.04 Å². The number of aliphatic carboxylic acids is 2. The highest BCUT2D eigenvalue weighted by Crippen LogP contribution is 2.11. The van der Waals surface area contributed by atoms with Crippen molar-refractivity contribution in [2.75, 3.05) is 14.2 Å². The van der Waals surface area contributed by atoms with Gasteiger partial charge in [0, 0.05) is 24.4 Å². The number of hydrogen-bond acceptors (Lipinski definition) is 9. The van der Waals surface area contributed by atoms with Crippen LogP contribution in [0, 0.1) is 28.6 Å². The number of carbonyl (C=O) groups excluding carboxylic acids is 2. The molecule has 0 saturated heterocycles. The number of nitrogens with zero attached hydrogens (tertiary/aromatic N) is 2. The van der Waals surface area contributed by atoms with E-state index in [9.17, 15) is 19.2 Å². The Morgan fingerprint density at radius 1 is 1.00 bits per heavy atom. The molecule has 152 valence electrons. The second-order valence-electron chi connectivity index (χ2n) is 4.60. The molecule has 0 heterocycles. The lowest BCUT2D eigenvalue weighted by atomic mass is 10.0. The van der Waals surface area contributed by atoms with Crippen molar-refractivity contribution in [3.8, 4) is 12.1 Å². The molecule has 0 fully saturated rings. The largest absolute Gasteiger partial charge is 0.481 e. The average molecular weight is 408 g/mol. The van der Waals surface area contributed by atoms with Crippen LogP contribution < -0.4 is 5.73 Å². The van der Waals surface area contributed by atoms with Crippen molar-refractivity contribution in [3.05, 3.63) is 0 Å². The van der Waals surface area contributed by atoms with Gasteiger partial charge < -0.3 is 25.4 Å². The number of carboxylic acids is 2. The summed E-state index contributed by atoms with van der Waals surface area (Å²) < 4.78 is 8.20. The molecule has 0 aromatic carbocycles. The van der Waals surface area contributed by atoms with Crippen LogP contribution in [0.1, 0.15) is 32.1 Å². The van der Waals surface area contributed by atoms with E-state index in [0.29, 0.717) is 0 Å². The molecule has 0 radical (unpaired) electrons. The minimum Gasteiger partial charge on any atom is -0.481 e. The number of nitrogens with two attached hydrogens (primary N) is 1. The third-order valence-electron chi connectivity index (χ3n) is 2.64. The van der Waals surface area contributed by atoms with Gasteiger partial charge in [-0.15, -0.1) is 0 Å². The quantitative estimate of drug-likeness (QED) is 0.385. The molecule has 4 N–H and O–H groups in total. The van der Waals surface area contributed by atoms with E-state index in [2.05, 4.69) is 21.1 Å². The van der Waals surface area contributed by atoms with Crippen LogP contribution in [0.3, 0.4) is 0 Å². The van der Waals surface area contributed by atoms with Crippen LogP contribution in [0.5, 0.6) is 0 Å². The van der Waals surface area contributed by atoms with Gasteiger partial charge in [0.15, 0.2) is 0 Å². The SMILES string of the molecule is COC(=O)C[C@@H](CCC#N)C(=O)O.COC(=O)Cl.N#CCC[C@H](N)C(=O)O. The highest BCUT2D eigenvalue weighted by atomic mass is 35.5. The number of rotatable bonds is 8. The van der Waals surface area contributed by atoms with Crippen LogP contribution in [0.25, 0.3) is 0 Å². The Morgan fingerprint density at radius 2 is 1.44 bits per heavy atom. The molecule has 0 aliphatic rings. The molecule has 0 saturated carbocycles. The van der Waals surface area contributed by atoms with E-state index >= 15 is 0 Å². The number of ether oxygens (including phenoxy) is 2. The van der Waals surface area contributed by atoms with E-state index in [1.165, 1.54) is 14.2 Å². The van der Waals surface area contributed by atoms with Crippen LogP contribution in [0.15, 0.2) is 0 Å². The third-order valence-corrected chi connectivity index (χ3v) is 2.79. The summed E-state index contributed by atoms with van der Waals surface area (Å²) in [6, 6.07) is 2.75. The number of halogens is 1. The molecule has 27 heavy (non-hydrogen) atoms. The normalized spacial score (nSPS) is 10.7. The van der Waals surface area contributed by atoms with Gasteiger partial charge in [-0.3, -0.25) is 14.4 Å². The zero-order valence-electron chi connectivity index (χ0n) is 14.9. The third kappa shape index (κ3) is 23.1. The van der Waals surface area contributed by atoms with Crippen molar-refractivity contribution in [1.82, 2.24) is 0 Å². The van der Waals surface area contributed by atoms with Crippen molar-refractivity contribution >= 4 is 34.9 Å². The van der Waals surface area contributed by atoms with Gasteiger partial charge in [0.05, 0.1) is 38.7 Å². The minimum atomic E-state index is -1.07. The Labute approximate surface area is 161 Å². The summed E-state index contributed by atoms with van der Waals surface area (Å²) in [5.41, 5.74) is 4.28. The summed E-state index contributed by atoms with van der Waals surface area (Å²) in [6.45, 7) is 0. The van der Waals surface area contributed by atoms with Crippen molar-refractivity contribution in [2.24, 2.45) is 11.7 Å². The highest BCUT2D eigenvalue weighted by molar-refractivity contribution is 6.61. The van der Waals surface area contributed by atoms with Crippen LogP contribution in [-0.4, -0.2) is 53.8 Å². The predicted molar refractivity (Wildman–Crippen MR) is 91.3 cm³/mol. The molecule has 0 amide bonds. The standard InChI is InChI=1S/C8H11NO4.C5H8N2O2.C2H3ClO2/c1-13-7(10)5-6(8(11)12)3-2-4-9;6-3-1-2-4(7)5(8)9;1-5-2(3)4/h6H,2-3,5H2,1H3,(H,11,12);4H,1-2,7H2,(H,8,9);1H3/t6-;4-;/m10./s1. The number of carboxylic acid groups (broad SMARTS) is 2. The summed E-state index contributed by atoms with van der Waals surface area (Å²) in [5.74, 6) is -3.50. The Bertz CT molecular complexity index is 556. The molecule has 0 spiro atoms. The lowest BCUT2D eigenvalue weighted by molar-refractivity contribution is -0.150. The van der Waals surface area contributed by atoms with Gasteiger partial charge in [0.2, 0.25) is 0 Å². The molecule has 0 aromatic heterocycles. The molecule has 12 heteroatoms. The van der Waals surface area contributed by atoms with Gasteiger partial charge in [-0.05, 0) is 12.8 Å². The number of methoxy groups -OCH3 is 2. The zero-order valence-corrected chi connectivity index (χ0v) is 15.6. The zero-order chi connectivity index (χ0) is 21.8. The minimum absolute atomic E-state index is 0.133. The molecule has 0 rings (SSSR count). The first-order valence-electron chi connectivity index (χ1n) is 7.32. The Hall–Kier alpha value is -2.89. The lowest BCUT2D eigenvalue weighted by Gasteiger charge is -2.07. The van der Waals surface area contributed by atoms with Crippen LogP contribution in [0.4, 0.5) is 4.79 Å². The second-order valence-corrected chi connectivity index (χ2v) is 4.90. The fourth-order valence-corrected chi connectivity index (χ4v) is 1.18. The van der Waals surface area contributed by atoms with E-state index in [1.54, 1.807) is 0 Å². The van der Waals surface area contributed by atoms with Crippen molar-refractivity contribution in [1.29, 1.82) is 10.5 Å². The Kier molecular flexibility index (Phi) is 20.8. The summed E-state index contributed by atoms with van der Waals surface area (Å²) in [4.78, 5) is 40.6. The first-order valence-corrected chi connectivity index (χ1v) is 7.70.